The molecule has 0 radical (unpaired) electrons. The molecule has 4 rings (SSSR count). The normalized spacial score (nSPS) is 15.4. The van der Waals surface area contributed by atoms with Crippen LogP contribution in [0.4, 0.5) is 0 Å². The van der Waals surface area contributed by atoms with Crippen LogP contribution in [0.1, 0.15) is 47.9 Å². The largest absolute Gasteiger partial charge is 0.507 e. The van der Waals surface area contributed by atoms with Crippen LogP contribution in [-0.4, -0.2) is 46.4 Å². The van der Waals surface area contributed by atoms with Crippen molar-refractivity contribution >= 4 is 5.91 Å². The molecule has 1 unspecified atom stereocenters. The standard InChI is InChI=1S/C23H25N3O4/c1-4-12-30-17-11-10-14(13-18(17)29-3)22-19-20(15-8-6-7-9-16(15)27)24-25-21(19)23(28)26(22)5-2/h6-11,13,22,27H,4-5,12H2,1-3H3,(H,24,25). The van der Waals surface area contributed by atoms with E-state index in [2.05, 4.69) is 10.2 Å². The first-order valence-corrected chi connectivity index (χ1v) is 10.1. The fraction of sp³-hybridized carbons (Fsp3) is 0.304. The van der Waals surface area contributed by atoms with E-state index in [1.54, 1.807) is 30.2 Å². The van der Waals surface area contributed by atoms with Gasteiger partial charge in [0.15, 0.2) is 11.5 Å². The van der Waals surface area contributed by atoms with Crippen LogP contribution in [0.15, 0.2) is 42.5 Å². The van der Waals surface area contributed by atoms with Crippen LogP contribution in [0.3, 0.4) is 0 Å². The second kappa shape index (κ2) is 8.10. The smallest absolute Gasteiger partial charge is 0.273 e. The molecule has 0 saturated carbocycles. The summed E-state index contributed by atoms with van der Waals surface area (Å²) in [5.41, 5.74) is 3.25. The number of rotatable bonds is 7. The molecular formula is C23H25N3O4. The van der Waals surface area contributed by atoms with Gasteiger partial charge in [-0.3, -0.25) is 9.89 Å². The molecular weight excluding hydrogens is 382 g/mol. The number of H-pyrrole nitrogens is 1. The fourth-order valence-electron chi connectivity index (χ4n) is 3.93. The Hall–Kier alpha value is -3.48. The van der Waals surface area contributed by atoms with Gasteiger partial charge in [-0.15, -0.1) is 0 Å². The number of amides is 1. The number of nitrogens with zero attached hydrogens (tertiary/aromatic N) is 2. The maximum Gasteiger partial charge on any atom is 0.273 e. The van der Waals surface area contributed by atoms with Crippen molar-refractivity contribution in [2.75, 3.05) is 20.3 Å². The molecule has 1 aromatic heterocycles. The first-order chi connectivity index (χ1) is 14.6. The van der Waals surface area contributed by atoms with E-state index < -0.39 is 0 Å². The van der Waals surface area contributed by atoms with Crippen molar-refractivity contribution in [3.05, 3.63) is 59.3 Å². The molecule has 1 aliphatic heterocycles. The van der Waals surface area contributed by atoms with E-state index in [1.807, 2.05) is 38.1 Å². The SMILES string of the molecule is CCCOc1ccc(C2c3c(-c4ccccc4O)n[nH]c3C(=O)N2CC)cc1OC. The molecule has 0 saturated heterocycles. The Morgan fingerprint density at radius 1 is 1.17 bits per heavy atom. The van der Waals surface area contributed by atoms with Gasteiger partial charge in [-0.2, -0.15) is 5.10 Å². The molecule has 156 valence electrons. The molecule has 1 atom stereocenters. The number of aromatic hydroxyl groups is 1. The van der Waals surface area contributed by atoms with Crippen LogP contribution in [0.5, 0.6) is 17.2 Å². The van der Waals surface area contributed by atoms with Gasteiger partial charge in [0, 0.05) is 17.7 Å². The predicted octanol–water partition coefficient (Wildman–Crippen LogP) is 4.14. The van der Waals surface area contributed by atoms with Gasteiger partial charge in [-0.1, -0.05) is 25.1 Å². The molecule has 0 bridgehead atoms. The summed E-state index contributed by atoms with van der Waals surface area (Å²) in [6.07, 6.45) is 0.897. The van der Waals surface area contributed by atoms with E-state index >= 15 is 0 Å². The van der Waals surface area contributed by atoms with Gasteiger partial charge in [0.2, 0.25) is 0 Å². The van der Waals surface area contributed by atoms with Crippen molar-refractivity contribution < 1.29 is 19.4 Å². The van der Waals surface area contributed by atoms with E-state index in [4.69, 9.17) is 9.47 Å². The number of aromatic amines is 1. The van der Waals surface area contributed by atoms with Crippen molar-refractivity contribution in [3.63, 3.8) is 0 Å². The van der Waals surface area contributed by atoms with E-state index in [9.17, 15) is 9.90 Å². The number of benzene rings is 2. The zero-order valence-corrected chi connectivity index (χ0v) is 17.3. The quantitative estimate of drug-likeness (QED) is 0.614. The third kappa shape index (κ3) is 3.16. The number of phenolic OH excluding ortho intramolecular Hbond substituents is 1. The van der Waals surface area contributed by atoms with Crippen LogP contribution >= 0.6 is 0 Å². The minimum Gasteiger partial charge on any atom is -0.507 e. The van der Waals surface area contributed by atoms with E-state index in [-0.39, 0.29) is 17.7 Å². The average Bonchev–Trinajstić information content (AvgIpc) is 3.31. The highest BCUT2D eigenvalue weighted by atomic mass is 16.5. The third-order valence-corrected chi connectivity index (χ3v) is 5.33. The zero-order chi connectivity index (χ0) is 21.3. The van der Waals surface area contributed by atoms with Gasteiger partial charge in [-0.05, 0) is 43.2 Å². The molecule has 2 aromatic carbocycles. The molecule has 30 heavy (non-hydrogen) atoms. The lowest BCUT2D eigenvalue weighted by atomic mass is 9.95. The summed E-state index contributed by atoms with van der Waals surface area (Å²) in [7, 11) is 1.60. The lowest BCUT2D eigenvalue weighted by Gasteiger charge is -2.25. The molecule has 7 nitrogen and oxygen atoms in total. The van der Waals surface area contributed by atoms with Crippen molar-refractivity contribution in [2.45, 2.75) is 26.3 Å². The van der Waals surface area contributed by atoms with Gasteiger partial charge in [-0.25, -0.2) is 0 Å². The Bertz CT molecular complexity index is 1080. The first kappa shape index (κ1) is 19.8. The molecule has 0 spiro atoms. The number of fused-ring (bicyclic) bond motifs is 1. The maximum absolute atomic E-state index is 13.0. The Morgan fingerprint density at radius 2 is 1.97 bits per heavy atom. The second-order valence-electron chi connectivity index (χ2n) is 7.13. The van der Waals surface area contributed by atoms with Gasteiger partial charge < -0.3 is 19.5 Å². The number of ether oxygens (including phenoxy) is 2. The lowest BCUT2D eigenvalue weighted by Crippen LogP contribution is -2.29. The maximum atomic E-state index is 13.0. The highest BCUT2D eigenvalue weighted by molar-refractivity contribution is 6.00. The average molecular weight is 407 g/mol. The van der Waals surface area contributed by atoms with Crippen LogP contribution < -0.4 is 9.47 Å². The summed E-state index contributed by atoms with van der Waals surface area (Å²) in [5, 5.41) is 17.6. The number of nitrogens with one attached hydrogen (secondary N) is 1. The number of carbonyl (C=O) groups is 1. The Balaban J connectivity index is 1.84. The topological polar surface area (TPSA) is 87.7 Å². The Kier molecular flexibility index (Phi) is 5.35. The minimum atomic E-state index is -0.347. The number of methoxy groups -OCH3 is 1. The van der Waals surface area contributed by atoms with E-state index in [1.165, 1.54) is 0 Å². The molecule has 2 heterocycles. The summed E-state index contributed by atoms with van der Waals surface area (Å²) in [6, 6.07) is 12.4. The monoisotopic (exact) mass is 407 g/mol. The molecule has 2 N–H and O–H groups in total. The van der Waals surface area contributed by atoms with Gasteiger partial charge in [0.1, 0.15) is 17.1 Å². The van der Waals surface area contributed by atoms with Crippen LogP contribution in [0.25, 0.3) is 11.3 Å². The zero-order valence-electron chi connectivity index (χ0n) is 17.3. The first-order valence-electron chi connectivity index (χ1n) is 10.1. The summed E-state index contributed by atoms with van der Waals surface area (Å²) in [6.45, 7) is 5.12. The fourth-order valence-corrected chi connectivity index (χ4v) is 3.93. The highest BCUT2D eigenvalue weighted by Gasteiger charge is 2.42. The number of carbonyl (C=O) groups excluding carboxylic acids is 1. The summed E-state index contributed by atoms with van der Waals surface area (Å²) < 4.78 is 11.3. The molecule has 1 aliphatic rings. The van der Waals surface area contributed by atoms with Crippen LogP contribution in [0, 0.1) is 0 Å². The van der Waals surface area contributed by atoms with Gasteiger partial charge in [0.05, 0.1) is 19.8 Å². The molecule has 1 amide bonds. The van der Waals surface area contributed by atoms with Crippen LogP contribution in [-0.2, 0) is 0 Å². The van der Waals surface area contributed by atoms with E-state index in [0.717, 1.165) is 17.5 Å². The van der Waals surface area contributed by atoms with Crippen molar-refractivity contribution in [2.24, 2.45) is 0 Å². The summed E-state index contributed by atoms with van der Waals surface area (Å²) in [4.78, 5) is 14.8. The highest BCUT2D eigenvalue weighted by Crippen LogP contribution is 2.45. The Labute approximate surface area is 175 Å². The number of hydrogen-bond acceptors (Lipinski definition) is 5. The van der Waals surface area contributed by atoms with Gasteiger partial charge >= 0.3 is 0 Å². The van der Waals surface area contributed by atoms with Crippen molar-refractivity contribution in [1.29, 1.82) is 0 Å². The second-order valence-corrected chi connectivity index (χ2v) is 7.13. The van der Waals surface area contributed by atoms with E-state index in [0.29, 0.717) is 41.6 Å². The summed E-state index contributed by atoms with van der Waals surface area (Å²) >= 11 is 0. The minimum absolute atomic E-state index is 0.114. The number of hydrogen-bond donors (Lipinski definition) is 2. The predicted molar refractivity (Wildman–Crippen MR) is 113 cm³/mol. The molecule has 0 aliphatic carbocycles. The molecule has 3 aromatic rings. The summed E-state index contributed by atoms with van der Waals surface area (Å²) in [5.74, 6) is 1.29. The van der Waals surface area contributed by atoms with Gasteiger partial charge in [0.25, 0.3) is 5.91 Å². The van der Waals surface area contributed by atoms with Crippen molar-refractivity contribution in [3.8, 4) is 28.5 Å². The number of aromatic nitrogens is 2. The lowest BCUT2D eigenvalue weighted by molar-refractivity contribution is 0.0753. The number of phenols is 1. The third-order valence-electron chi connectivity index (χ3n) is 5.33. The van der Waals surface area contributed by atoms with Crippen molar-refractivity contribution in [1.82, 2.24) is 15.1 Å². The van der Waals surface area contributed by atoms with Crippen LogP contribution in [0.2, 0.25) is 0 Å². The Morgan fingerprint density at radius 3 is 2.67 bits per heavy atom. The molecule has 7 heteroatoms. The number of para-hydroxylation sites is 1. The molecule has 0 fully saturated rings.